The van der Waals surface area contributed by atoms with Crippen LogP contribution in [0.3, 0.4) is 0 Å². The number of carbonyl (C=O) groups is 4. The van der Waals surface area contributed by atoms with E-state index in [-0.39, 0.29) is 87.0 Å². The van der Waals surface area contributed by atoms with Crippen molar-refractivity contribution in [2.45, 2.75) is 110 Å². The van der Waals surface area contributed by atoms with E-state index in [9.17, 15) is 67.8 Å². The molecule has 0 aliphatic carbocycles. The van der Waals surface area contributed by atoms with E-state index >= 15 is 0 Å². The number of methoxy groups -OCH3 is 4. The maximum atomic E-state index is 13.5. The van der Waals surface area contributed by atoms with Gasteiger partial charge in [-0.1, -0.05) is 137 Å². The molecule has 4 aromatic heterocycles. The summed E-state index contributed by atoms with van der Waals surface area (Å²) in [4.78, 5) is 84.5. The predicted molar refractivity (Wildman–Crippen MR) is 531 cm³/mol. The lowest BCUT2D eigenvalue weighted by molar-refractivity contribution is -0.137. The summed E-state index contributed by atoms with van der Waals surface area (Å²) in [7, 11) is 6.05. The summed E-state index contributed by atoms with van der Waals surface area (Å²) < 4.78 is 73.5. The van der Waals surface area contributed by atoms with Crippen molar-refractivity contribution in [1.82, 2.24) is 39.9 Å². The van der Waals surface area contributed by atoms with Crippen molar-refractivity contribution < 1.29 is 71.0 Å². The topological polar surface area (TPSA) is 376 Å². The number of halogens is 4. The number of carbonyl (C=O) groups excluding carboxylic acids is 4. The van der Waals surface area contributed by atoms with Crippen LogP contribution in [0.15, 0.2) is 286 Å². The Morgan fingerprint density at radius 3 is 1.18 bits per heavy atom. The number of phenolic OH excluding ortho intramolecular Hbond substituents is 3. The van der Waals surface area contributed by atoms with Crippen molar-refractivity contribution >= 4 is 40.6 Å². The Labute approximate surface area is 813 Å². The number of hydrogen-bond donors (Lipinski definition) is 6. The Morgan fingerprint density at radius 1 is 0.404 bits per heavy atom. The molecule has 11 aromatic carbocycles. The number of nitrogens with zero attached hydrogens (tertiary/aromatic N) is 11. The maximum absolute atomic E-state index is 13.5. The number of allylic oxidation sites excluding steroid dienone is 1. The molecule has 0 radical (unpaired) electrons. The molecule has 0 aliphatic heterocycles. The number of phenols is 3. The number of benzene rings is 11. The molecule has 4 atom stereocenters. The van der Waals surface area contributed by atoms with E-state index in [4.69, 9.17) is 23.9 Å². The number of anilines is 3. The molecule has 0 saturated heterocycles. The Kier molecular flexibility index (Phi) is 35.0. The summed E-state index contributed by atoms with van der Waals surface area (Å²) in [6, 6.07) is 79.8. The van der Waals surface area contributed by atoms with Gasteiger partial charge in [0.2, 0.25) is 17.5 Å². The monoisotopic (exact) mass is 1890 g/mol. The van der Waals surface area contributed by atoms with Crippen LogP contribution in [0.25, 0.3) is 45.0 Å². The van der Waals surface area contributed by atoms with Crippen molar-refractivity contribution in [1.29, 1.82) is 15.8 Å². The van der Waals surface area contributed by atoms with Crippen LogP contribution < -0.4 is 34.9 Å². The second-order valence-electron chi connectivity index (χ2n) is 33.3. The summed E-state index contributed by atoms with van der Waals surface area (Å²) in [5.74, 6) is 0.485. The first-order chi connectivity index (χ1) is 67.8. The molecule has 4 heterocycles. The average Bonchev–Trinajstić information content (AvgIpc) is 0.814. The van der Waals surface area contributed by atoms with Gasteiger partial charge in [0.1, 0.15) is 29.8 Å². The highest BCUT2D eigenvalue weighted by molar-refractivity contribution is 6.06. The molecular weight excluding hydrogens is 1790 g/mol. The molecule has 6 N–H and O–H groups in total. The zero-order valence-electron chi connectivity index (χ0n) is 78.9. The minimum Gasteiger partial charge on any atom is -0.504 e. The molecule has 0 aliphatic rings. The highest BCUT2D eigenvalue weighted by atomic mass is 19.4. The second-order valence-corrected chi connectivity index (χ2v) is 33.3. The minimum atomic E-state index is -4.55. The summed E-state index contributed by atoms with van der Waals surface area (Å²) in [6.07, 6.45) is 3.99. The number of amides is 3. The highest BCUT2D eigenvalue weighted by Gasteiger charge is 2.31. The molecule has 712 valence electrons. The lowest BCUT2D eigenvalue weighted by Crippen LogP contribution is -2.14. The molecule has 0 bridgehead atoms. The van der Waals surface area contributed by atoms with Gasteiger partial charge >= 0.3 is 6.18 Å². The van der Waals surface area contributed by atoms with Gasteiger partial charge in [-0.2, -0.15) is 29.0 Å². The van der Waals surface area contributed by atoms with Gasteiger partial charge in [0, 0.05) is 85.7 Å². The normalized spacial score (nSPS) is 11.6. The lowest BCUT2D eigenvalue weighted by Gasteiger charge is -2.15. The third kappa shape index (κ3) is 28.5. The molecule has 0 spiro atoms. The number of aromatic nitrogens is 8. The zero-order chi connectivity index (χ0) is 101. The van der Waals surface area contributed by atoms with Crippen LogP contribution in [0.1, 0.15) is 174 Å². The molecule has 0 fully saturated rings. The van der Waals surface area contributed by atoms with Crippen LogP contribution in [0, 0.1) is 53.7 Å². The fourth-order valence-electron chi connectivity index (χ4n) is 15.3. The standard InChI is InChI=1S/C29H23F3N4O3.C29H26N4O3.C28H23FN4O3.C26H28N2O2/c1-17(11-23-15-24(36-27(16-33)34-23)19-9-10-25(37)26(14-19)39-2)18-5-4-8-22(13-18)35-28(38)20-6-3-7-21(12-20)29(30,31)32;1-18-6-4-8-22(12-18)29(35)32-23-9-5-7-20(14-23)19(2)13-24-16-25(33-28(17-30)31-24)21-10-11-26(34)27(15-21)36-3;1-17(18-5-4-8-22(13-18)32-28(35)20-6-3-7-21(29)12-20)11-23-15-24(33-27(16-30)31-23)19-9-10-25(34)26(14-19)36-2;1-5-24(29)12-10-20-7-6-8-21(14-20)19(3)13-23-16-27-17-25(28-23)22-11-9-18(2)26(15-22)30-4/h3-10,12-15,17,37H,11H2,1-2H3,(H,35,38);4-12,14-16,19,34H,13H2,1-3H3,(H,32,35);3-10,12-15,17,34H,11H2,1-2H3,(H,32,35);5-9,11,14-17,19H,1,10,12-13H2,2-4H3/t17-;19-;17-;19-/m1111/s1. The third-order valence-corrected chi connectivity index (χ3v) is 22.9. The van der Waals surface area contributed by atoms with Crippen molar-refractivity contribution in [3.05, 3.63) is 393 Å². The largest absolute Gasteiger partial charge is 0.504 e. The maximum Gasteiger partial charge on any atom is 0.416 e. The van der Waals surface area contributed by atoms with Gasteiger partial charge in [0.15, 0.2) is 40.3 Å². The Hall–Kier alpha value is -17.7. The quantitative estimate of drug-likeness (QED) is 0.0180. The van der Waals surface area contributed by atoms with Crippen LogP contribution in [-0.4, -0.2) is 107 Å². The molecule has 141 heavy (non-hydrogen) atoms. The highest BCUT2D eigenvalue weighted by Crippen LogP contribution is 2.38. The number of ether oxygens (including phenoxy) is 4. The summed E-state index contributed by atoms with van der Waals surface area (Å²) in [5.41, 5.74) is 17.3. The van der Waals surface area contributed by atoms with Crippen LogP contribution in [-0.2, 0) is 43.1 Å². The van der Waals surface area contributed by atoms with Crippen molar-refractivity contribution in [3.8, 4) is 103 Å². The van der Waals surface area contributed by atoms with E-state index in [1.165, 1.54) is 87.1 Å². The average molecular weight is 1890 g/mol. The molecule has 0 saturated carbocycles. The second kappa shape index (κ2) is 48.2. The number of ketones is 1. The van der Waals surface area contributed by atoms with Crippen molar-refractivity contribution in [2.75, 3.05) is 44.4 Å². The van der Waals surface area contributed by atoms with Crippen LogP contribution >= 0.6 is 0 Å². The number of nitrogens with one attached hydrogen (secondary N) is 3. The van der Waals surface area contributed by atoms with E-state index in [0.29, 0.717) is 111 Å². The first-order valence-corrected chi connectivity index (χ1v) is 44.7. The first kappa shape index (κ1) is 102. The fourth-order valence-corrected chi connectivity index (χ4v) is 15.3. The molecule has 25 nitrogen and oxygen atoms in total. The number of nitriles is 3. The Balaban J connectivity index is 0.000000169. The molecule has 15 aromatic rings. The number of aromatic hydroxyl groups is 3. The van der Waals surface area contributed by atoms with E-state index in [1.807, 2.05) is 143 Å². The molecule has 3 amide bonds. The van der Waals surface area contributed by atoms with Gasteiger partial charge in [-0.15, -0.1) is 0 Å². The smallest absolute Gasteiger partial charge is 0.416 e. The molecular formula is C112H100F4N14O11. The zero-order valence-corrected chi connectivity index (χ0v) is 78.9. The SMILES string of the molecule is C=CC(=O)CCc1cccc([C@H](C)Cc2cncc(-c3ccc(C)c(OC)c3)n2)c1.COc1cc(-c2cc(C[C@@H](C)c3cccc(NC(=O)c4cccc(C(F)(F)F)c4)c3)nc(C#N)n2)ccc1O.COc1cc(-c2cc(C[C@@H](C)c3cccc(NC(=O)c4cccc(C)c4)c3)nc(C#N)n2)ccc1O.COc1cc(-c2cc(C[C@@H](C)c3cccc(NC(=O)c4cccc(F)c4)c3)nc(C#N)n2)ccc1O. The molecule has 15 rings (SSSR count). The van der Waals surface area contributed by atoms with Gasteiger partial charge < -0.3 is 50.2 Å². The number of rotatable bonds is 30. The summed E-state index contributed by atoms with van der Waals surface area (Å²) in [6.45, 7) is 15.7. The summed E-state index contributed by atoms with van der Waals surface area (Å²) >= 11 is 0. The van der Waals surface area contributed by atoms with E-state index in [1.54, 1.807) is 98.2 Å². The summed E-state index contributed by atoms with van der Waals surface area (Å²) in [5, 5.41) is 66.5. The lowest BCUT2D eigenvalue weighted by atomic mass is 9.93. The molecule has 29 heteroatoms. The van der Waals surface area contributed by atoms with Crippen molar-refractivity contribution in [3.63, 3.8) is 0 Å². The van der Waals surface area contributed by atoms with Gasteiger partial charge in [-0.3, -0.25) is 24.2 Å². The number of hydrogen-bond acceptors (Lipinski definition) is 22. The van der Waals surface area contributed by atoms with Gasteiger partial charge in [0.25, 0.3) is 17.7 Å². The Morgan fingerprint density at radius 2 is 0.773 bits per heavy atom. The van der Waals surface area contributed by atoms with E-state index < -0.39 is 29.4 Å². The predicted octanol–water partition coefficient (Wildman–Crippen LogP) is 22.9. The van der Waals surface area contributed by atoms with Crippen LogP contribution in [0.5, 0.6) is 40.2 Å². The van der Waals surface area contributed by atoms with Gasteiger partial charge in [0.05, 0.1) is 68.7 Å². The number of alkyl halides is 3. The van der Waals surface area contributed by atoms with Crippen molar-refractivity contribution in [2.24, 2.45) is 0 Å². The fraction of sp³-hybridized carbons (Fsp3) is 0.188. The molecule has 0 unspecified atom stereocenters. The first-order valence-electron chi connectivity index (χ1n) is 44.7. The number of aryl methyl sites for hydroxylation is 3. The third-order valence-electron chi connectivity index (χ3n) is 22.9. The van der Waals surface area contributed by atoms with E-state index in [0.717, 1.165) is 75.5 Å². The van der Waals surface area contributed by atoms with E-state index in [2.05, 4.69) is 95.5 Å². The van der Waals surface area contributed by atoms with Gasteiger partial charge in [-0.05, 0) is 273 Å². The van der Waals surface area contributed by atoms with Gasteiger partial charge in [-0.25, -0.2) is 39.3 Å². The van der Waals surface area contributed by atoms with Crippen LogP contribution in [0.2, 0.25) is 0 Å². The minimum absolute atomic E-state index is 0.000307. The Bertz CT molecular complexity index is 7000. The van der Waals surface area contributed by atoms with Crippen LogP contribution in [0.4, 0.5) is 34.6 Å².